The van der Waals surface area contributed by atoms with Gasteiger partial charge in [-0.25, -0.2) is 4.79 Å². The third-order valence-electron chi connectivity index (χ3n) is 4.39. The number of methoxy groups -OCH3 is 2. The number of rotatable bonds is 8. The molecular weight excluding hydrogens is 388 g/mol. The van der Waals surface area contributed by atoms with E-state index in [-0.39, 0.29) is 23.5 Å². The first kappa shape index (κ1) is 22.4. The number of nitrogens with zero attached hydrogens (tertiary/aromatic N) is 2. The van der Waals surface area contributed by atoms with Gasteiger partial charge in [0.1, 0.15) is 11.3 Å². The van der Waals surface area contributed by atoms with Gasteiger partial charge in [0.05, 0.1) is 34.1 Å². The molecule has 1 aromatic carbocycles. The molecule has 0 aliphatic carbocycles. The zero-order valence-electron chi connectivity index (χ0n) is 18.0. The van der Waals surface area contributed by atoms with Crippen molar-refractivity contribution in [3.8, 4) is 23.5 Å². The summed E-state index contributed by atoms with van der Waals surface area (Å²) in [6.07, 6.45) is 3.68. The Morgan fingerprint density at radius 1 is 1.10 bits per heavy atom. The lowest BCUT2D eigenvalue weighted by atomic mass is 10.1. The number of hydrogen-bond acceptors (Lipinski definition) is 7. The highest BCUT2D eigenvalue weighted by Crippen LogP contribution is 2.30. The highest BCUT2D eigenvalue weighted by atomic mass is 28.3. The first-order chi connectivity index (χ1) is 13.7. The van der Waals surface area contributed by atoms with Crippen LogP contribution >= 0.6 is 0 Å². The molecule has 0 saturated carbocycles. The minimum absolute atomic E-state index is 0.00567. The van der Waals surface area contributed by atoms with Gasteiger partial charge in [0.2, 0.25) is 11.8 Å². The number of benzene rings is 1. The molecular formula is C21H28N2O5Si. The van der Waals surface area contributed by atoms with Gasteiger partial charge in [-0.3, -0.25) is 0 Å². The van der Waals surface area contributed by atoms with E-state index >= 15 is 0 Å². The molecule has 8 heteroatoms. The summed E-state index contributed by atoms with van der Waals surface area (Å²) in [6, 6.07) is 6.84. The second-order valence-corrected chi connectivity index (χ2v) is 13.0. The fourth-order valence-electron chi connectivity index (χ4n) is 2.30. The fourth-order valence-corrected chi connectivity index (χ4v) is 2.76. The van der Waals surface area contributed by atoms with E-state index in [0.717, 1.165) is 0 Å². The predicted molar refractivity (Wildman–Crippen MR) is 115 cm³/mol. The van der Waals surface area contributed by atoms with E-state index in [0.29, 0.717) is 16.9 Å². The highest BCUT2D eigenvalue weighted by Gasteiger charge is 2.29. The maximum Gasteiger partial charge on any atom is 0.342 e. The van der Waals surface area contributed by atoms with Crippen molar-refractivity contribution in [3.05, 3.63) is 41.5 Å². The maximum atomic E-state index is 13.1. The second kappa shape index (κ2) is 9.55. The quantitative estimate of drug-likeness (QED) is 0.454. The molecule has 29 heavy (non-hydrogen) atoms. The number of ether oxygens (including phenoxy) is 4. The van der Waals surface area contributed by atoms with Crippen LogP contribution in [0.3, 0.4) is 0 Å². The van der Waals surface area contributed by atoms with Crippen LogP contribution in [0.5, 0.6) is 23.5 Å². The van der Waals surface area contributed by atoms with Gasteiger partial charge >= 0.3 is 12.0 Å². The molecule has 0 N–H and O–H groups in total. The number of carbonyl (C=O) groups excluding carboxylic acids is 1. The van der Waals surface area contributed by atoms with Crippen LogP contribution in [0.15, 0.2) is 30.3 Å². The van der Waals surface area contributed by atoms with Crippen molar-refractivity contribution in [2.75, 3.05) is 14.2 Å². The van der Waals surface area contributed by atoms with Crippen molar-refractivity contribution >= 4 is 20.1 Å². The Bertz CT molecular complexity index is 871. The van der Waals surface area contributed by atoms with Crippen molar-refractivity contribution in [2.24, 2.45) is 0 Å². The molecule has 1 aromatic heterocycles. The first-order valence-electron chi connectivity index (χ1n) is 9.31. The molecule has 2 rings (SSSR count). The second-order valence-electron chi connectivity index (χ2n) is 7.47. The van der Waals surface area contributed by atoms with Crippen molar-refractivity contribution in [1.82, 2.24) is 9.97 Å². The lowest BCUT2D eigenvalue weighted by Gasteiger charge is -2.25. The van der Waals surface area contributed by atoms with Gasteiger partial charge in [0, 0.05) is 0 Å². The number of allylic oxidation sites excluding steroid dienone is 1. The topological polar surface area (TPSA) is 79.8 Å². The number of hydrogen-bond donors (Lipinski definition) is 0. The Hall–Kier alpha value is -2.87. The van der Waals surface area contributed by atoms with Crippen LogP contribution in [-0.2, 0) is 4.74 Å². The van der Waals surface area contributed by atoms with E-state index in [2.05, 4.69) is 29.6 Å². The molecule has 1 atom stereocenters. The minimum atomic E-state index is -1.67. The fraction of sp³-hybridized carbons (Fsp3) is 0.381. The molecule has 0 aliphatic rings. The summed E-state index contributed by atoms with van der Waals surface area (Å²) >= 11 is 0. The van der Waals surface area contributed by atoms with E-state index in [1.807, 2.05) is 32.1 Å². The third kappa shape index (κ3) is 5.80. The van der Waals surface area contributed by atoms with Crippen LogP contribution in [0.4, 0.5) is 0 Å². The predicted octanol–water partition coefficient (Wildman–Crippen LogP) is 4.74. The van der Waals surface area contributed by atoms with Crippen LogP contribution in [0, 0.1) is 0 Å². The number of aromatic nitrogens is 2. The third-order valence-corrected chi connectivity index (χ3v) is 6.95. The highest BCUT2D eigenvalue weighted by molar-refractivity contribution is 6.77. The Balaban J connectivity index is 2.47. The molecule has 0 fully saturated rings. The summed E-state index contributed by atoms with van der Waals surface area (Å²) in [6.45, 7) is 10.3. The molecule has 7 nitrogen and oxygen atoms in total. The summed E-state index contributed by atoms with van der Waals surface area (Å²) in [5.74, 6) is 0.419. The summed E-state index contributed by atoms with van der Waals surface area (Å²) in [5.41, 5.74) is 0.850. The molecule has 156 valence electrons. The molecule has 0 aliphatic heterocycles. The Morgan fingerprint density at radius 3 is 2.24 bits per heavy atom. The largest absolute Gasteiger partial charge is 0.481 e. The van der Waals surface area contributed by atoms with Crippen molar-refractivity contribution in [3.63, 3.8) is 0 Å². The van der Waals surface area contributed by atoms with Crippen LogP contribution in [0.2, 0.25) is 19.6 Å². The molecule has 0 saturated heterocycles. The van der Waals surface area contributed by atoms with E-state index in [1.54, 1.807) is 12.1 Å². The van der Waals surface area contributed by atoms with Crippen molar-refractivity contribution in [2.45, 2.75) is 39.2 Å². The average Bonchev–Trinajstić information content (AvgIpc) is 2.67. The zero-order chi connectivity index (χ0) is 21.6. The monoisotopic (exact) mass is 416 g/mol. The van der Waals surface area contributed by atoms with Crippen molar-refractivity contribution < 1.29 is 23.7 Å². The van der Waals surface area contributed by atoms with E-state index in [1.165, 1.54) is 20.3 Å². The van der Waals surface area contributed by atoms with E-state index < -0.39 is 14.0 Å². The summed E-state index contributed by atoms with van der Waals surface area (Å²) in [4.78, 5) is 21.4. The lowest BCUT2D eigenvalue weighted by molar-refractivity contribution is 0.0452. The number of esters is 1. The standard InChI is InChI=1S/C21H28N2O5Si/c1-8-10-15-11-9-12-16(19(15)20(24)27-14(2)29(5,6)7)28-21-22-17(25-3)13-18(23-21)26-4/h8-14H,1-7H3. The summed E-state index contributed by atoms with van der Waals surface area (Å²) in [5, 5.41) is 0. The molecule has 0 spiro atoms. The van der Waals surface area contributed by atoms with E-state index in [9.17, 15) is 4.79 Å². The smallest absolute Gasteiger partial charge is 0.342 e. The summed E-state index contributed by atoms with van der Waals surface area (Å²) < 4.78 is 22.0. The SMILES string of the molecule is CC=Cc1cccc(Oc2nc(OC)cc(OC)n2)c1C(=O)OC(C)[Si](C)(C)C. The molecule has 0 bridgehead atoms. The Morgan fingerprint density at radius 2 is 1.72 bits per heavy atom. The normalized spacial score (nSPS) is 12.5. The van der Waals surface area contributed by atoms with Crippen LogP contribution in [0.1, 0.15) is 29.8 Å². The van der Waals surface area contributed by atoms with Gasteiger partial charge in [-0.15, -0.1) is 0 Å². The van der Waals surface area contributed by atoms with Gasteiger partial charge in [-0.05, 0) is 25.5 Å². The number of carbonyl (C=O) groups is 1. The van der Waals surface area contributed by atoms with Gasteiger partial charge in [-0.1, -0.05) is 43.9 Å². The first-order valence-corrected chi connectivity index (χ1v) is 12.9. The maximum absolute atomic E-state index is 13.1. The van der Waals surface area contributed by atoms with Gasteiger partial charge in [0.25, 0.3) is 0 Å². The average molecular weight is 417 g/mol. The van der Waals surface area contributed by atoms with Crippen LogP contribution in [-0.4, -0.2) is 44.0 Å². The van der Waals surface area contributed by atoms with Crippen molar-refractivity contribution in [1.29, 1.82) is 0 Å². The molecule has 0 radical (unpaired) electrons. The minimum Gasteiger partial charge on any atom is -0.481 e. The van der Waals surface area contributed by atoms with Crippen LogP contribution in [0.25, 0.3) is 6.08 Å². The molecule has 2 aromatic rings. The van der Waals surface area contributed by atoms with Gasteiger partial charge in [0.15, 0.2) is 0 Å². The Kier molecular flexibility index (Phi) is 7.39. The molecule has 0 amide bonds. The lowest BCUT2D eigenvalue weighted by Crippen LogP contribution is -2.39. The van der Waals surface area contributed by atoms with Gasteiger partial charge < -0.3 is 18.9 Å². The van der Waals surface area contributed by atoms with Crippen LogP contribution < -0.4 is 14.2 Å². The summed E-state index contributed by atoms with van der Waals surface area (Å²) in [7, 11) is 1.30. The zero-order valence-corrected chi connectivity index (χ0v) is 19.0. The van der Waals surface area contributed by atoms with Gasteiger partial charge in [-0.2, -0.15) is 9.97 Å². The molecule has 1 unspecified atom stereocenters. The van der Waals surface area contributed by atoms with E-state index in [4.69, 9.17) is 18.9 Å². The Labute approximate surface area is 172 Å². The molecule has 1 heterocycles.